The van der Waals surface area contributed by atoms with Gasteiger partial charge in [-0.1, -0.05) is 0 Å². The summed E-state index contributed by atoms with van der Waals surface area (Å²) in [6.45, 7) is 4.41. The molecule has 0 radical (unpaired) electrons. The molecular formula is C12H15N5O. The van der Waals surface area contributed by atoms with Crippen LogP contribution in [0.3, 0.4) is 0 Å². The van der Waals surface area contributed by atoms with Gasteiger partial charge in [-0.15, -0.1) is 0 Å². The van der Waals surface area contributed by atoms with Crippen LogP contribution in [0.5, 0.6) is 0 Å². The average Bonchev–Trinajstić information content (AvgIpc) is 2.73. The highest BCUT2D eigenvalue weighted by atomic mass is 16.2. The number of rotatable bonds is 3. The number of nitrogen functional groups attached to an aromatic ring is 1. The maximum atomic E-state index is 12.1. The third-order valence-electron chi connectivity index (χ3n) is 2.51. The van der Waals surface area contributed by atoms with Gasteiger partial charge < -0.3 is 11.1 Å². The van der Waals surface area contributed by atoms with Crippen LogP contribution in [0.1, 0.15) is 23.1 Å². The van der Waals surface area contributed by atoms with Gasteiger partial charge in [0.2, 0.25) is 0 Å². The van der Waals surface area contributed by atoms with Crippen LogP contribution in [0.15, 0.2) is 24.4 Å². The first-order valence-electron chi connectivity index (χ1n) is 5.68. The monoisotopic (exact) mass is 245 g/mol. The molecule has 0 atom stereocenters. The summed E-state index contributed by atoms with van der Waals surface area (Å²) in [5.74, 6) is 0.104. The fourth-order valence-corrected chi connectivity index (χ4v) is 1.66. The molecule has 6 nitrogen and oxygen atoms in total. The van der Waals surface area contributed by atoms with E-state index in [0.717, 1.165) is 5.69 Å². The second-order valence-corrected chi connectivity index (χ2v) is 3.88. The first-order valence-corrected chi connectivity index (χ1v) is 5.68. The van der Waals surface area contributed by atoms with Gasteiger partial charge in [-0.2, -0.15) is 5.10 Å². The molecule has 0 unspecified atom stereocenters. The number of hydrogen-bond donors (Lipinski definition) is 2. The predicted octanol–water partition coefficient (Wildman–Crippen LogP) is 1.44. The fraction of sp³-hybridized carbons (Fsp3) is 0.250. The summed E-state index contributed by atoms with van der Waals surface area (Å²) in [7, 11) is 0. The third kappa shape index (κ3) is 2.32. The van der Waals surface area contributed by atoms with E-state index < -0.39 is 0 Å². The Morgan fingerprint density at radius 3 is 3.00 bits per heavy atom. The van der Waals surface area contributed by atoms with Gasteiger partial charge >= 0.3 is 0 Å². The number of carbonyl (C=O) groups is 1. The zero-order chi connectivity index (χ0) is 13.1. The van der Waals surface area contributed by atoms with Crippen LogP contribution in [0.4, 0.5) is 11.5 Å². The van der Waals surface area contributed by atoms with E-state index >= 15 is 0 Å². The molecule has 0 saturated heterocycles. The summed E-state index contributed by atoms with van der Waals surface area (Å²) in [6, 6.07) is 5.13. The predicted molar refractivity (Wildman–Crippen MR) is 69.2 cm³/mol. The minimum Gasteiger partial charge on any atom is -0.396 e. The van der Waals surface area contributed by atoms with Gasteiger partial charge in [0.1, 0.15) is 5.69 Å². The highest BCUT2D eigenvalue weighted by Gasteiger charge is 2.14. The summed E-state index contributed by atoms with van der Waals surface area (Å²) in [4.78, 5) is 16.1. The van der Waals surface area contributed by atoms with Crippen LogP contribution in [0.25, 0.3) is 0 Å². The minimum atomic E-state index is -0.261. The first-order chi connectivity index (χ1) is 8.61. The van der Waals surface area contributed by atoms with E-state index in [1.54, 1.807) is 29.1 Å². The maximum Gasteiger partial charge on any atom is 0.275 e. The van der Waals surface area contributed by atoms with Crippen molar-refractivity contribution in [3.8, 4) is 0 Å². The Hall–Kier alpha value is -2.37. The lowest BCUT2D eigenvalue weighted by Crippen LogP contribution is -2.18. The molecule has 0 spiro atoms. The topological polar surface area (TPSA) is 85.8 Å². The number of nitrogens with two attached hydrogens (primary N) is 1. The number of anilines is 2. The van der Waals surface area contributed by atoms with Crippen LogP contribution in [0.2, 0.25) is 0 Å². The molecule has 3 N–H and O–H groups in total. The smallest absolute Gasteiger partial charge is 0.275 e. The standard InChI is InChI=1S/C12H15N5O/c1-3-17-10(7-8(2)16-17)12(18)15-11-9(13)5-4-6-14-11/h4-7H,3,13H2,1-2H3,(H,14,15,18). The largest absolute Gasteiger partial charge is 0.396 e. The molecule has 94 valence electrons. The number of carbonyl (C=O) groups excluding carboxylic acids is 1. The number of nitrogens with one attached hydrogen (secondary N) is 1. The van der Waals surface area contributed by atoms with Gasteiger partial charge in [0.15, 0.2) is 5.82 Å². The molecule has 0 bridgehead atoms. The summed E-state index contributed by atoms with van der Waals surface area (Å²) in [5, 5.41) is 6.90. The lowest BCUT2D eigenvalue weighted by Gasteiger charge is -2.07. The van der Waals surface area contributed by atoms with Crippen LogP contribution < -0.4 is 11.1 Å². The average molecular weight is 245 g/mol. The Balaban J connectivity index is 2.25. The van der Waals surface area contributed by atoms with Crippen molar-refractivity contribution in [2.24, 2.45) is 0 Å². The van der Waals surface area contributed by atoms with E-state index in [0.29, 0.717) is 23.7 Å². The molecule has 6 heteroatoms. The van der Waals surface area contributed by atoms with Gasteiger partial charge in [0.05, 0.1) is 11.4 Å². The van der Waals surface area contributed by atoms with E-state index in [1.165, 1.54) is 0 Å². The summed E-state index contributed by atoms with van der Waals surface area (Å²) in [6.07, 6.45) is 1.58. The van der Waals surface area contributed by atoms with Crippen LogP contribution in [0, 0.1) is 6.92 Å². The Bertz CT molecular complexity index is 576. The number of hydrogen-bond acceptors (Lipinski definition) is 4. The molecular weight excluding hydrogens is 230 g/mol. The Labute approximate surface area is 105 Å². The second kappa shape index (κ2) is 4.87. The van der Waals surface area contributed by atoms with E-state index in [9.17, 15) is 4.79 Å². The van der Waals surface area contributed by atoms with Crippen molar-refractivity contribution in [2.75, 3.05) is 11.1 Å². The normalized spacial score (nSPS) is 10.3. The van der Waals surface area contributed by atoms with E-state index in [2.05, 4.69) is 15.4 Å². The molecule has 0 aliphatic rings. The van der Waals surface area contributed by atoms with Crippen molar-refractivity contribution < 1.29 is 4.79 Å². The van der Waals surface area contributed by atoms with Crippen molar-refractivity contribution in [2.45, 2.75) is 20.4 Å². The molecule has 1 amide bonds. The van der Waals surface area contributed by atoms with Crippen molar-refractivity contribution in [3.63, 3.8) is 0 Å². The van der Waals surface area contributed by atoms with Gasteiger partial charge in [-0.05, 0) is 32.0 Å². The van der Waals surface area contributed by atoms with Crippen molar-refractivity contribution in [1.29, 1.82) is 0 Å². The van der Waals surface area contributed by atoms with E-state index in [4.69, 9.17) is 5.73 Å². The SMILES string of the molecule is CCn1nc(C)cc1C(=O)Nc1ncccc1N. The molecule has 18 heavy (non-hydrogen) atoms. The molecule has 2 rings (SSSR count). The quantitative estimate of drug-likeness (QED) is 0.856. The molecule has 0 aliphatic carbocycles. The summed E-state index contributed by atoms with van der Waals surface area (Å²) < 4.78 is 1.64. The number of pyridine rings is 1. The zero-order valence-corrected chi connectivity index (χ0v) is 10.3. The first kappa shape index (κ1) is 12.1. The molecule has 2 aromatic heterocycles. The molecule has 2 heterocycles. The number of amides is 1. The minimum absolute atomic E-state index is 0.261. The molecule has 0 saturated carbocycles. The summed E-state index contributed by atoms with van der Waals surface area (Å²) >= 11 is 0. The van der Waals surface area contributed by atoms with Gasteiger partial charge in [-0.3, -0.25) is 9.48 Å². The Morgan fingerprint density at radius 2 is 2.33 bits per heavy atom. The lowest BCUT2D eigenvalue weighted by atomic mass is 10.3. The summed E-state index contributed by atoms with van der Waals surface area (Å²) in [5.41, 5.74) is 7.46. The van der Waals surface area contributed by atoms with Gasteiger partial charge in [0, 0.05) is 12.7 Å². The number of aryl methyl sites for hydroxylation is 2. The highest BCUT2D eigenvalue weighted by Crippen LogP contribution is 2.14. The Morgan fingerprint density at radius 1 is 1.56 bits per heavy atom. The van der Waals surface area contributed by atoms with Crippen LogP contribution >= 0.6 is 0 Å². The third-order valence-corrected chi connectivity index (χ3v) is 2.51. The zero-order valence-electron chi connectivity index (χ0n) is 10.3. The van der Waals surface area contributed by atoms with Crippen molar-refractivity contribution in [1.82, 2.24) is 14.8 Å². The van der Waals surface area contributed by atoms with Gasteiger partial charge in [0.25, 0.3) is 5.91 Å². The number of nitrogens with zero attached hydrogens (tertiary/aromatic N) is 3. The second-order valence-electron chi connectivity index (χ2n) is 3.88. The van der Waals surface area contributed by atoms with Crippen molar-refractivity contribution in [3.05, 3.63) is 35.8 Å². The van der Waals surface area contributed by atoms with E-state index in [1.807, 2.05) is 13.8 Å². The van der Waals surface area contributed by atoms with E-state index in [-0.39, 0.29) is 5.91 Å². The van der Waals surface area contributed by atoms with Gasteiger partial charge in [-0.25, -0.2) is 4.98 Å². The highest BCUT2D eigenvalue weighted by molar-refractivity contribution is 6.03. The van der Waals surface area contributed by atoms with Crippen LogP contribution in [-0.4, -0.2) is 20.7 Å². The van der Waals surface area contributed by atoms with Crippen LogP contribution in [-0.2, 0) is 6.54 Å². The maximum absolute atomic E-state index is 12.1. The lowest BCUT2D eigenvalue weighted by molar-refractivity contribution is 0.101. The molecule has 0 aliphatic heterocycles. The Kier molecular flexibility index (Phi) is 3.27. The fourth-order valence-electron chi connectivity index (χ4n) is 1.66. The molecule has 2 aromatic rings. The molecule has 0 aromatic carbocycles. The number of aromatic nitrogens is 3. The van der Waals surface area contributed by atoms with Crippen molar-refractivity contribution >= 4 is 17.4 Å². The molecule has 0 fully saturated rings.